The molecule has 0 aromatic heterocycles. The number of para-hydroxylation sites is 1. The molecule has 6 nitrogen and oxygen atoms in total. The maximum absolute atomic E-state index is 11.9. The second kappa shape index (κ2) is 6.47. The van der Waals surface area contributed by atoms with Crippen molar-refractivity contribution >= 4 is 11.6 Å². The summed E-state index contributed by atoms with van der Waals surface area (Å²) in [7, 11) is 0. The van der Waals surface area contributed by atoms with Crippen molar-refractivity contribution in [3.63, 3.8) is 0 Å². The lowest BCUT2D eigenvalue weighted by molar-refractivity contribution is -0.385. The van der Waals surface area contributed by atoms with Gasteiger partial charge >= 0.3 is 0 Å². The van der Waals surface area contributed by atoms with Crippen molar-refractivity contribution in [3.05, 3.63) is 39.9 Å². The normalized spacial score (nSPS) is 22.2. The fourth-order valence-corrected chi connectivity index (χ4v) is 2.51. The van der Waals surface area contributed by atoms with Gasteiger partial charge < -0.3 is 10.4 Å². The van der Waals surface area contributed by atoms with Gasteiger partial charge in [-0.15, -0.1) is 0 Å². The number of carbonyl (C=O) groups is 1. The first-order chi connectivity index (χ1) is 9.56. The van der Waals surface area contributed by atoms with Gasteiger partial charge in [0.15, 0.2) is 0 Å². The smallest absolute Gasteiger partial charge is 0.273 e. The Bertz CT molecular complexity index is 496. The van der Waals surface area contributed by atoms with Crippen molar-refractivity contribution < 1.29 is 14.8 Å². The van der Waals surface area contributed by atoms with Crippen molar-refractivity contribution in [1.82, 2.24) is 5.32 Å². The number of nitrogens with zero attached hydrogens (tertiary/aromatic N) is 1. The second-order valence-corrected chi connectivity index (χ2v) is 5.14. The molecule has 0 bridgehead atoms. The summed E-state index contributed by atoms with van der Waals surface area (Å²) in [6.45, 7) is 0. The molecule has 108 valence electrons. The van der Waals surface area contributed by atoms with Gasteiger partial charge in [0.25, 0.3) is 5.69 Å². The van der Waals surface area contributed by atoms with Crippen LogP contribution in [0.25, 0.3) is 0 Å². The van der Waals surface area contributed by atoms with E-state index in [4.69, 9.17) is 0 Å². The minimum absolute atomic E-state index is 0.0101. The summed E-state index contributed by atoms with van der Waals surface area (Å²) >= 11 is 0. The molecule has 20 heavy (non-hydrogen) atoms. The third-order valence-electron chi connectivity index (χ3n) is 3.60. The Morgan fingerprint density at radius 1 is 1.30 bits per heavy atom. The molecule has 0 aliphatic heterocycles. The lowest BCUT2D eigenvalue weighted by atomic mass is 9.93. The number of amides is 1. The number of hydrogen-bond donors (Lipinski definition) is 2. The lowest BCUT2D eigenvalue weighted by Gasteiger charge is -2.26. The molecule has 1 aromatic rings. The molecule has 2 N–H and O–H groups in total. The molecule has 0 unspecified atom stereocenters. The van der Waals surface area contributed by atoms with Crippen LogP contribution >= 0.6 is 0 Å². The van der Waals surface area contributed by atoms with Gasteiger partial charge in [0.05, 0.1) is 17.4 Å². The zero-order valence-corrected chi connectivity index (χ0v) is 11.1. The van der Waals surface area contributed by atoms with Crippen molar-refractivity contribution in [3.8, 4) is 0 Å². The fraction of sp³-hybridized carbons (Fsp3) is 0.500. The predicted octanol–water partition coefficient (Wildman–Crippen LogP) is 1.56. The summed E-state index contributed by atoms with van der Waals surface area (Å²) in [6.07, 6.45) is 2.63. The molecule has 0 radical (unpaired) electrons. The Morgan fingerprint density at radius 3 is 2.60 bits per heavy atom. The van der Waals surface area contributed by atoms with Gasteiger partial charge in [-0.05, 0) is 25.7 Å². The first kappa shape index (κ1) is 14.5. The third-order valence-corrected chi connectivity index (χ3v) is 3.60. The fourth-order valence-electron chi connectivity index (χ4n) is 2.51. The highest BCUT2D eigenvalue weighted by Gasteiger charge is 2.22. The molecule has 2 rings (SSSR count). The van der Waals surface area contributed by atoms with Crippen LogP contribution in [0.5, 0.6) is 0 Å². The molecule has 1 saturated carbocycles. The van der Waals surface area contributed by atoms with Crippen LogP contribution in [0, 0.1) is 10.1 Å². The molecule has 1 aromatic carbocycles. The Labute approximate surface area is 117 Å². The van der Waals surface area contributed by atoms with E-state index in [9.17, 15) is 20.0 Å². The van der Waals surface area contributed by atoms with Crippen LogP contribution < -0.4 is 5.32 Å². The summed E-state index contributed by atoms with van der Waals surface area (Å²) in [5.74, 6) is -0.208. The second-order valence-electron chi connectivity index (χ2n) is 5.14. The van der Waals surface area contributed by atoms with E-state index >= 15 is 0 Å². The molecule has 0 atom stereocenters. The average molecular weight is 278 g/mol. The highest BCUT2D eigenvalue weighted by atomic mass is 16.6. The van der Waals surface area contributed by atoms with E-state index in [1.165, 1.54) is 6.07 Å². The number of aliphatic hydroxyl groups is 1. The van der Waals surface area contributed by atoms with E-state index in [1.54, 1.807) is 18.2 Å². The lowest BCUT2D eigenvalue weighted by Crippen LogP contribution is -2.39. The number of nitro benzene ring substituents is 1. The topological polar surface area (TPSA) is 92.5 Å². The highest BCUT2D eigenvalue weighted by molar-refractivity contribution is 5.80. The Morgan fingerprint density at radius 2 is 1.95 bits per heavy atom. The number of carbonyl (C=O) groups excluding carboxylic acids is 1. The number of aliphatic hydroxyl groups excluding tert-OH is 1. The zero-order chi connectivity index (χ0) is 14.5. The van der Waals surface area contributed by atoms with E-state index in [2.05, 4.69) is 5.32 Å². The van der Waals surface area contributed by atoms with E-state index in [0.29, 0.717) is 18.4 Å². The quantitative estimate of drug-likeness (QED) is 0.645. The van der Waals surface area contributed by atoms with Crippen LogP contribution in [0.1, 0.15) is 31.2 Å². The highest BCUT2D eigenvalue weighted by Crippen LogP contribution is 2.20. The van der Waals surface area contributed by atoms with Gasteiger partial charge in [-0.1, -0.05) is 18.2 Å². The van der Waals surface area contributed by atoms with Crippen molar-refractivity contribution in [1.29, 1.82) is 0 Å². The minimum Gasteiger partial charge on any atom is -0.393 e. The molecule has 0 spiro atoms. The molecule has 0 saturated heterocycles. The predicted molar refractivity (Wildman–Crippen MR) is 73.2 cm³/mol. The molecular formula is C14H18N2O4. The third kappa shape index (κ3) is 3.77. The van der Waals surface area contributed by atoms with Crippen LogP contribution in [-0.2, 0) is 11.2 Å². The maximum Gasteiger partial charge on any atom is 0.273 e. The summed E-state index contributed by atoms with van der Waals surface area (Å²) in [5, 5.41) is 23.2. The SMILES string of the molecule is O=C(Cc1ccccc1[N+](=O)[O-])NC1CCC(O)CC1. The maximum atomic E-state index is 11.9. The van der Waals surface area contributed by atoms with Gasteiger partial charge in [0.1, 0.15) is 0 Å². The van der Waals surface area contributed by atoms with Crippen LogP contribution in [0.2, 0.25) is 0 Å². The molecule has 1 amide bonds. The van der Waals surface area contributed by atoms with Gasteiger partial charge in [0.2, 0.25) is 5.91 Å². The Kier molecular flexibility index (Phi) is 4.68. The standard InChI is InChI=1S/C14H18N2O4/c17-12-7-5-11(6-8-12)15-14(18)9-10-3-1-2-4-13(10)16(19)20/h1-4,11-12,17H,5-9H2,(H,15,18). The Balaban J connectivity index is 1.93. The van der Waals surface area contributed by atoms with Crippen LogP contribution in [0.15, 0.2) is 24.3 Å². The van der Waals surface area contributed by atoms with Gasteiger partial charge in [-0.3, -0.25) is 14.9 Å². The summed E-state index contributed by atoms with van der Waals surface area (Å²) < 4.78 is 0. The molecule has 1 aliphatic carbocycles. The summed E-state index contributed by atoms with van der Waals surface area (Å²) in [4.78, 5) is 22.3. The van der Waals surface area contributed by atoms with Gasteiger partial charge in [0, 0.05) is 17.7 Å². The first-order valence-electron chi connectivity index (χ1n) is 6.76. The van der Waals surface area contributed by atoms with E-state index in [-0.39, 0.29) is 30.2 Å². The molecule has 0 heterocycles. The summed E-state index contributed by atoms with van der Waals surface area (Å²) in [6, 6.07) is 6.34. The van der Waals surface area contributed by atoms with Crippen LogP contribution in [-0.4, -0.2) is 28.1 Å². The number of nitrogens with one attached hydrogen (secondary N) is 1. The van der Waals surface area contributed by atoms with E-state index < -0.39 is 4.92 Å². The molecule has 6 heteroatoms. The Hall–Kier alpha value is -1.95. The van der Waals surface area contributed by atoms with Gasteiger partial charge in [-0.2, -0.15) is 0 Å². The number of rotatable bonds is 4. The summed E-state index contributed by atoms with van der Waals surface area (Å²) in [5.41, 5.74) is 0.396. The van der Waals surface area contributed by atoms with E-state index in [1.807, 2.05) is 0 Å². The van der Waals surface area contributed by atoms with Crippen LogP contribution in [0.4, 0.5) is 5.69 Å². The van der Waals surface area contributed by atoms with Crippen molar-refractivity contribution in [2.24, 2.45) is 0 Å². The largest absolute Gasteiger partial charge is 0.393 e. The van der Waals surface area contributed by atoms with Gasteiger partial charge in [-0.25, -0.2) is 0 Å². The first-order valence-corrected chi connectivity index (χ1v) is 6.76. The van der Waals surface area contributed by atoms with Crippen molar-refractivity contribution in [2.75, 3.05) is 0 Å². The van der Waals surface area contributed by atoms with Crippen LogP contribution in [0.3, 0.4) is 0 Å². The molecule has 1 fully saturated rings. The molecular weight excluding hydrogens is 260 g/mol. The monoisotopic (exact) mass is 278 g/mol. The molecule has 1 aliphatic rings. The van der Waals surface area contributed by atoms with E-state index in [0.717, 1.165) is 12.8 Å². The minimum atomic E-state index is -0.473. The average Bonchev–Trinajstić information content (AvgIpc) is 2.41. The van der Waals surface area contributed by atoms with Crippen molar-refractivity contribution in [2.45, 2.75) is 44.2 Å². The number of hydrogen-bond acceptors (Lipinski definition) is 4. The zero-order valence-electron chi connectivity index (χ0n) is 11.1. The number of benzene rings is 1. The number of nitro groups is 1.